The molecule has 3 atom stereocenters. The van der Waals surface area contributed by atoms with Crippen LogP contribution in [0.2, 0.25) is 0 Å². The van der Waals surface area contributed by atoms with Gasteiger partial charge >= 0.3 is 5.97 Å². The van der Waals surface area contributed by atoms with Crippen LogP contribution < -0.4 is 15.9 Å². The number of aromatic nitrogens is 4. The molecule has 0 bridgehead atoms. The number of carbonyl (C=O) groups is 1. The fourth-order valence-corrected chi connectivity index (χ4v) is 5.88. The summed E-state index contributed by atoms with van der Waals surface area (Å²) in [5, 5.41) is 15.5. The molecule has 34 heavy (non-hydrogen) atoms. The minimum atomic E-state index is -3.50. The third-order valence-electron chi connectivity index (χ3n) is 5.40. The van der Waals surface area contributed by atoms with Crippen molar-refractivity contribution in [3.63, 3.8) is 0 Å². The predicted octanol–water partition coefficient (Wildman–Crippen LogP) is 3.08. The molecular formula is C22H32N7O4P. The molecule has 0 aliphatic heterocycles. The summed E-state index contributed by atoms with van der Waals surface area (Å²) < 4.78 is 21.6. The zero-order valence-corrected chi connectivity index (χ0v) is 20.9. The average molecular weight is 490 g/mol. The first-order chi connectivity index (χ1) is 15.9. The third kappa shape index (κ3) is 6.18. The smallest absolute Gasteiger partial charge is 0.323 e. The lowest BCUT2D eigenvalue weighted by atomic mass is 10.1. The van der Waals surface area contributed by atoms with E-state index in [0.29, 0.717) is 17.7 Å². The van der Waals surface area contributed by atoms with E-state index in [2.05, 4.69) is 25.1 Å². The van der Waals surface area contributed by atoms with Crippen LogP contribution in [-0.2, 0) is 20.6 Å². The Labute approximate surface area is 198 Å². The maximum Gasteiger partial charge on any atom is 0.323 e. The van der Waals surface area contributed by atoms with E-state index in [4.69, 9.17) is 10.5 Å². The molecule has 0 spiro atoms. The number of nitrogens with two attached hydrogens (primary N) is 1. The maximum atomic E-state index is 13.9. The highest BCUT2D eigenvalue weighted by atomic mass is 31.2. The number of nitrogens with one attached hydrogen (secondary N) is 2. The largest absolute Gasteiger partial charge is 0.480 e. The minimum absolute atomic E-state index is 0.217. The number of aliphatic carboxylic acids is 1. The first-order valence-electron chi connectivity index (χ1n) is 10.9. The Kier molecular flexibility index (Phi) is 7.72. The molecule has 3 unspecified atom stereocenters. The molecule has 0 amide bonds. The number of aryl methyl sites for hydroxylation is 1. The first kappa shape index (κ1) is 25.8. The molecule has 11 nitrogen and oxygen atoms in total. The molecule has 3 rings (SSSR count). The SMILES string of the molecule is Cc1ccc(C(C)NP(=O)(COC(C)Cn2cnc3c(N)ncnc32)NC(C)(C)C(=O)O)cc1. The summed E-state index contributed by atoms with van der Waals surface area (Å²) in [7, 11) is -3.50. The summed E-state index contributed by atoms with van der Waals surface area (Å²) >= 11 is 0. The Balaban J connectivity index is 1.74. The number of ether oxygens (including phenoxy) is 1. The number of imidazole rings is 1. The summed E-state index contributed by atoms with van der Waals surface area (Å²) in [6.45, 7) is 8.99. The molecule has 0 aliphatic rings. The lowest BCUT2D eigenvalue weighted by molar-refractivity contribution is -0.142. The van der Waals surface area contributed by atoms with Crippen LogP contribution in [0.15, 0.2) is 36.9 Å². The summed E-state index contributed by atoms with van der Waals surface area (Å²) in [5.74, 6) is -0.830. The molecule has 0 saturated carbocycles. The molecule has 1 aromatic carbocycles. The number of hydrogen-bond acceptors (Lipinski definition) is 7. The van der Waals surface area contributed by atoms with Gasteiger partial charge in [0.1, 0.15) is 23.7 Å². The number of benzene rings is 1. The Morgan fingerprint density at radius 2 is 1.91 bits per heavy atom. The fraction of sp³-hybridized carbons (Fsp3) is 0.455. The van der Waals surface area contributed by atoms with Crippen molar-refractivity contribution in [1.29, 1.82) is 0 Å². The predicted molar refractivity (Wildman–Crippen MR) is 130 cm³/mol. The normalized spacial score (nSPS) is 15.7. The highest BCUT2D eigenvalue weighted by Gasteiger charge is 2.37. The molecule has 0 saturated heterocycles. The number of nitrogens with zero attached hydrogens (tertiary/aromatic N) is 4. The summed E-state index contributed by atoms with van der Waals surface area (Å²) in [6, 6.07) is 7.52. The molecule has 5 N–H and O–H groups in total. The molecule has 0 fully saturated rings. The quantitative estimate of drug-likeness (QED) is 0.295. The minimum Gasteiger partial charge on any atom is -0.480 e. The van der Waals surface area contributed by atoms with Crippen molar-refractivity contribution in [2.24, 2.45) is 0 Å². The number of nitrogen functional groups attached to an aromatic ring is 1. The van der Waals surface area contributed by atoms with Crippen LogP contribution in [0.4, 0.5) is 5.82 Å². The van der Waals surface area contributed by atoms with Gasteiger partial charge in [-0.1, -0.05) is 29.8 Å². The van der Waals surface area contributed by atoms with E-state index in [1.807, 2.05) is 45.0 Å². The van der Waals surface area contributed by atoms with Crippen molar-refractivity contribution in [3.8, 4) is 0 Å². The maximum absolute atomic E-state index is 13.9. The number of carboxylic acid groups (broad SMARTS) is 1. The number of fused-ring (bicyclic) bond motifs is 1. The van der Waals surface area contributed by atoms with Gasteiger partial charge in [0.05, 0.1) is 19.0 Å². The monoisotopic (exact) mass is 489 g/mol. The van der Waals surface area contributed by atoms with Crippen LogP contribution in [0, 0.1) is 6.92 Å². The van der Waals surface area contributed by atoms with Crippen molar-refractivity contribution in [2.75, 3.05) is 12.1 Å². The van der Waals surface area contributed by atoms with Gasteiger partial charge in [-0.05, 0) is 40.2 Å². The van der Waals surface area contributed by atoms with Crippen molar-refractivity contribution in [2.45, 2.75) is 58.8 Å². The van der Waals surface area contributed by atoms with Crippen molar-refractivity contribution >= 4 is 30.4 Å². The van der Waals surface area contributed by atoms with Crippen LogP contribution in [0.25, 0.3) is 11.2 Å². The van der Waals surface area contributed by atoms with Gasteiger partial charge < -0.3 is 20.1 Å². The van der Waals surface area contributed by atoms with Crippen molar-refractivity contribution in [1.82, 2.24) is 29.7 Å². The van der Waals surface area contributed by atoms with Crippen LogP contribution in [-0.4, -0.2) is 48.6 Å². The second-order valence-corrected chi connectivity index (χ2v) is 11.2. The van der Waals surface area contributed by atoms with Gasteiger partial charge in [-0.15, -0.1) is 0 Å². The second-order valence-electron chi connectivity index (χ2n) is 8.98. The molecule has 0 aliphatic carbocycles. The fourth-order valence-electron chi connectivity index (χ4n) is 3.44. The van der Waals surface area contributed by atoms with Crippen molar-refractivity contribution in [3.05, 3.63) is 48.0 Å². The van der Waals surface area contributed by atoms with Crippen LogP contribution in [0.5, 0.6) is 0 Å². The molecular weight excluding hydrogens is 457 g/mol. The highest BCUT2D eigenvalue weighted by Crippen LogP contribution is 2.42. The van der Waals surface area contributed by atoms with Crippen molar-refractivity contribution < 1.29 is 19.2 Å². The lowest BCUT2D eigenvalue weighted by Gasteiger charge is -2.32. The van der Waals surface area contributed by atoms with Gasteiger partial charge in [0, 0.05) is 6.04 Å². The molecule has 3 aromatic rings. The van der Waals surface area contributed by atoms with Gasteiger partial charge in [-0.25, -0.2) is 25.1 Å². The van der Waals surface area contributed by atoms with Crippen LogP contribution in [0.1, 0.15) is 44.9 Å². The number of carboxylic acids is 1. The van der Waals surface area contributed by atoms with E-state index in [9.17, 15) is 14.5 Å². The molecule has 184 valence electrons. The van der Waals surface area contributed by atoms with E-state index in [1.165, 1.54) is 20.2 Å². The summed E-state index contributed by atoms with van der Waals surface area (Å²) in [6.07, 6.45) is 2.36. The van der Waals surface area contributed by atoms with Gasteiger partial charge in [0.25, 0.3) is 0 Å². The van der Waals surface area contributed by atoms with Crippen LogP contribution >= 0.6 is 7.44 Å². The number of hydrogen-bond donors (Lipinski definition) is 4. The first-order valence-corrected chi connectivity index (χ1v) is 12.8. The number of rotatable bonds is 11. The highest BCUT2D eigenvalue weighted by molar-refractivity contribution is 7.59. The Hall–Kier alpha value is -2.85. The number of anilines is 1. The summed E-state index contributed by atoms with van der Waals surface area (Å²) in [4.78, 5) is 24.1. The van der Waals surface area contributed by atoms with E-state index >= 15 is 0 Å². The van der Waals surface area contributed by atoms with Crippen LogP contribution in [0.3, 0.4) is 0 Å². The summed E-state index contributed by atoms with van der Waals surface area (Å²) in [5.41, 5.74) is 7.52. The molecule has 2 aromatic heterocycles. The molecule has 2 heterocycles. The van der Waals surface area contributed by atoms with E-state index in [1.54, 1.807) is 10.9 Å². The van der Waals surface area contributed by atoms with E-state index < -0.39 is 19.0 Å². The van der Waals surface area contributed by atoms with Gasteiger partial charge in [0.15, 0.2) is 11.5 Å². The van der Waals surface area contributed by atoms with E-state index in [-0.39, 0.29) is 24.3 Å². The van der Waals surface area contributed by atoms with Gasteiger partial charge in [-0.3, -0.25) is 9.36 Å². The second kappa shape index (κ2) is 10.2. The third-order valence-corrected chi connectivity index (χ3v) is 7.64. The molecule has 12 heteroatoms. The standard InChI is InChI=1S/C22H32N7O4P/c1-14-6-8-17(9-7-14)16(3)27-34(32,28-22(4,5)21(30)31)13-33-15(2)10-29-12-26-18-19(23)24-11-25-20(18)29/h6-9,11-12,15-16H,10,13H2,1-5H3,(H,30,31)(H2,23,24,25)(H2,27,28,32). The molecule has 0 radical (unpaired) electrons. The lowest BCUT2D eigenvalue weighted by Crippen LogP contribution is -2.47. The van der Waals surface area contributed by atoms with Gasteiger partial charge in [-0.2, -0.15) is 0 Å². The Morgan fingerprint density at radius 3 is 2.56 bits per heavy atom. The Bertz CT molecular complexity index is 1200. The van der Waals surface area contributed by atoms with Gasteiger partial charge in [0.2, 0.25) is 7.44 Å². The Morgan fingerprint density at radius 1 is 1.24 bits per heavy atom. The zero-order chi connectivity index (χ0) is 25.1. The van der Waals surface area contributed by atoms with E-state index in [0.717, 1.165) is 11.1 Å². The topological polar surface area (TPSA) is 157 Å². The average Bonchev–Trinajstić information content (AvgIpc) is 3.16. The zero-order valence-electron chi connectivity index (χ0n) is 20.0.